The van der Waals surface area contributed by atoms with E-state index < -0.39 is 0 Å². The van der Waals surface area contributed by atoms with E-state index in [0.717, 1.165) is 26.2 Å². The molecule has 1 unspecified atom stereocenters. The van der Waals surface area contributed by atoms with Crippen molar-refractivity contribution in [3.63, 3.8) is 0 Å². The molecule has 1 aliphatic heterocycles. The Labute approximate surface area is 105 Å². The molecule has 0 radical (unpaired) electrons. The van der Waals surface area contributed by atoms with Crippen LogP contribution in [0.5, 0.6) is 0 Å². The molecule has 0 bridgehead atoms. The van der Waals surface area contributed by atoms with Gasteiger partial charge in [-0.3, -0.25) is 4.79 Å². The van der Waals surface area contributed by atoms with Crippen LogP contribution in [0.4, 0.5) is 0 Å². The van der Waals surface area contributed by atoms with Gasteiger partial charge in [0.2, 0.25) is 5.91 Å². The van der Waals surface area contributed by atoms with Crippen LogP contribution >= 0.6 is 0 Å². The first kappa shape index (κ1) is 14.5. The minimum absolute atomic E-state index is 0.204. The van der Waals surface area contributed by atoms with E-state index in [1.54, 1.807) is 0 Å². The molecule has 0 aromatic rings. The van der Waals surface area contributed by atoms with Crippen LogP contribution in [0.1, 0.15) is 40.0 Å². The van der Waals surface area contributed by atoms with Crippen LogP contribution in [-0.2, 0) is 4.79 Å². The van der Waals surface area contributed by atoms with Gasteiger partial charge in [0.05, 0.1) is 6.04 Å². The number of nitrogens with two attached hydrogens (primary N) is 1. The molecule has 0 aromatic heterocycles. The Morgan fingerprint density at radius 1 is 1.41 bits per heavy atom. The molecular formula is C13H27N3O. The number of likely N-dealkylation sites (N-methyl/N-ethyl adjacent to an activating group) is 1. The van der Waals surface area contributed by atoms with E-state index in [0.29, 0.717) is 5.41 Å². The van der Waals surface area contributed by atoms with E-state index >= 15 is 0 Å². The quantitative estimate of drug-likeness (QED) is 0.698. The van der Waals surface area contributed by atoms with Gasteiger partial charge in [-0.2, -0.15) is 0 Å². The van der Waals surface area contributed by atoms with E-state index in [2.05, 4.69) is 24.1 Å². The highest BCUT2D eigenvalue weighted by molar-refractivity contribution is 5.80. The Hall–Kier alpha value is -0.610. The fraction of sp³-hybridized carbons (Fsp3) is 0.923. The summed E-state index contributed by atoms with van der Waals surface area (Å²) in [7, 11) is 0. The maximum Gasteiger partial charge on any atom is 0.235 e. The zero-order valence-corrected chi connectivity index (χ0v) is 11.5. The van der Waals surface area contributed by atoms with Crippen LogP contribution in [0.25, 0.3) is 0 Å². The summed E-state index contributed by atoms with van der Waals surface area (Å²) in [5, 5.41) is 3.16. The average Bonchev–Trinajstić information content (AvgIpc) is 2.73. The number of likely N-dealkylation sites (tertiary alicyclic amines) is 1. The lowest BCUT2D eigenvalue weighted by Crippen LogP contribution is -2.48. The molecule has 1 heterocycles. The first-order valence-corrected chi connectivity index (χ1v) is 6.82. The van der Waals surface area contributed by atoms with Crippen molar-refractivity contribution in [3.8, 4) is 0 Å². The van der Waals surface area contributed by atoms with Crippen molar-refractivity contribution in [3.05, 3.63) is 0 Å². The first-order chi connectivity index (χ1) is 8.06. The normalized spacial score (nSPS) is 21.6. The van der Waals surface area contributed by atoms with Crippen LogP contribution in [-0.4, -0.2) is 43.0 Å². The minimum atomic E-state index is -0.239. The maximum absolute atomic E-state index is 11.3. The van der Waals surface area contributed by atoms with E-state index in [4.69, 9.17) is 5.73 Å². The number of nitrogens with one attached hydrogen (secondary N) is 1. The van der Waals surface area contributed by atoms with Crippen LogP contribution in [0, 0.1) is 5.41 Å². The second-order valence-corrected chi connectivity index (χ2v) is 5.20. The van der Waals surface area contributed by atoms with Gasteiger partial charge in [0.15, 0.2) is 0 Å². The second-order valence-electron chi connectivity index (χ2n) is 5.20. The second kappa shape index (κ2) is 6.36. The van der Waals surface area contributed by atoms with Gasteiger partial charge >= 0.3 is 0 Å². The topological polar surface area (TPSA) is 58.4 Å². The highest BCUT2D eigenvalue weighted by Crippen LogP contribution is 2.36. The van der Waals surface area contributed by atoms with E-state index in [9.17, 15) is 4.79 Å². The molecule has 4 nitrogen and oxygen atoms in total. The Morgan fingerprint density at radius 2 is 2.06 bits per heavy atom. The van der Waals surface area contributed by atoms with Crippen molar-refractivity contribution >= 4 is 5.91 Å². The number of carbonyl (C=O) groups excluding carboxylic acids is 1. The van der Waals surface area contributed by atoms with Crippen LogP contribution in [0.3, 0.4) is 0 Å². The predicted octanol–water partition coefficient (Wildman–Crippen LogP) is 0.962. The fourth-order valence-electron chi connectivity index (χ4n) is 2.77. The first-order valence-electron chi connectivity index (χ1n) is 6.82. The third-order valence-corrected chi connectivity index (χ3v) is 4.25. The SMILES string of the molecule is CCNC(CN1CCC(CC)(CC)C1)C(N)=O. The van der Waals surface area contributed by atoms with Gasteiger partial charge in [0, 0.05) is 13.1 Å². The van der Waals surface area contributed by atoms with Crippen LogP contribution in [0.2, 0.25) is 0 Å². The van der Waals surface area contributed by atoms with Gasteiger partial charge in [-0.15, -0.1) is 0 Å². The number of carbonyl (C=O) groups is 1. The van der Waals surface area contributed by atoms with Crippen LogP contribution < -0.4 is 11.1 Å². The summed E-state index contributed by atoms with van der Waals surface area (Å²) in [5.41, 5.74) is 5.87. The standard InChI is InChI=1S/C13H27N3O/c1-4-13(5-2)7-8-16(10-13)9-11(12(14)17)15-6-3/h11,15H,4-10H2,1-3H3,(H2,14,17). The number of rotatable bonds is 7. The molecule has 0 saturated carbocycles. The molecule has 0 spiro atoms. The summed E-state index contributed by atoms with van der Waals surface area (Å²) in [4.78, 5) is 13.7. The van der Waals surface area contributed by atoms with Gasteiger partial charge in [0.1, 0.15) is 0 Å². The maximum atomic E-state index is 11.3. The van der Waals surface area contributed by atoms with Crippen LogP contribution in [0.15, 0.2) is 0 Å². The Balaban J connectivity index is 2.50. The van der Waals surface area contributed by atoms with Gasteiger partial charge in [-0.05, 0) is 37.8 Å². The van der Waals surface area contributed by atoms with Crippen molar-refractivity contribution in [1.82, 2.24) is 10.2 Å². The number of amides is 1. The van der Waals surface area contributed by atoms with E-state index in [-0.39, 0.29) is 11.9 Å². The Bertz CT molecular complexity index is 251. The summed E-state index contributed by atoms with van der Waals surface area (Å²) in [6.45, 7) is 10.3. The van der Waals surface area contributed by atoms with Crippen molar-refractivity contribution < 1.29 is 4.79 Å². The summed E-state index contributed by atoms with van der Waals surface area (Å²) in [6.07, 6.45) is 3.70. The lowest BCUT2D eigenvalue weighted by atomic mass is 9.82. The molecule has 1 amide bonds. The molecule has 0 aliphatic carbocycles. The monoisotopic (exact) mass is 241 g/mol. The summed E-state index contributed by atoms with van der Waals surface area (Å²) in [6, 6.07) is -0.204. The Morgan fingerprint density at radius 3 is 2.47 bits per heavy atom. The highest BCUT2D eigenvalue weighted by Gasteiger charge is 2.35. The van der Waals surface area contributed by atoms with Gasteiger partial charge in [0.25, 0.3) is 0 Å². The average molecular weight is 241 g/mol. The van der Waals surface area contributed by atoms with Crippen molar-refractivity contribution in [2.75, 3.05) is 26.2 Å². The summed E-state index contributed by atoms with van der Waals surface area (Å²) >= 11 is 0. The third-order valence-electron chi connectivity index (χ3n) is 4.25. The van der Waals surface area contributed by atoms with E-state index in [1.165, 1.54) is 19.3 Å². The predicted molar refractivity (Wildman–Crippen MR) is 70.7 cm³/mol. The summed E-state index contributed by atoms with van der Waals surface area (Å²) in [5.74, 6) is -0.239. The molecule has 1 rings (SSSR count). The zero-order valence-electron chi connectivity index (χ0n) is 11.5. The van der Waals surface area contributed by atoms with Gasteiger partial charge < -0.3 is 16.0 Å². The molecule has 100 valence electrons. The zero-order chi connectivity index (χ0) is 12.9. The van der Waals surface area contributed by atoms with Crippen molar-refractivity contribution in [2.45, 2.75) is 46.1 Å². The van der Waals surface area contributed by atoms with E-state index in [1.807, 2.05) is 6.92 Å². The number of hydrogen-bond acceptors (Lipinski definition) is 3. The highest BCUT2D eigenvalue weighted by atomic mass is 16.1. The lowest BCUT2D eigenvalue weighted by molar-refractivity contribution is -0.120. The molecule has 1 aliphatic rings. The van der Waals surface area contributed by atoms with Crippen molar-refractivity contribution in [2.24, 2.45) is 11.1 Å². The minimum Gasteiger partial charge on any atom is -0.368 e. The molecule has 1 atom stereocenters. The Kier molecular flexibility index (Phi) is 5.40. The lowest BCUT2D eigenvalue weighted by Gasteiger charge is -2.28. The third kappa shape index (κ3) is 3.68. The molecule has 4 heteroatoms. The molecule has 0 aromatic carbocycles. The molecule has 1 saturated heterocycles. The molecule has 17 heavy (non-hydrogen) atoms. The molecular weight excluding hydrogens is 214 g/mol. The number of primary amides is 1. The van der Waals surface area contributed by atoms with Gasteiger partial charge in [-0.1, -0.05) is 20.8 Å². The van der Waals surface area contributed by atoms with Gasteiger partial charge in [-0.25, -0.2) is 0 Å². The smallest absolute Gasteiger partial charge is 0.235 e. The summed E-state index contributed by atoms with van der Waals surface area (Å²) < 4.78 is 0. The number of nitrogens with zero attached hydrogens (tertiary/aromatic N) is 1. The largest absolute Gasteiger partial charge is 0.368 e. The fourth-order valence-corrected chi connectivity index (χ4v) is 2.77. The molecule has 3 N–H and O–H groups in total. The number of hydrogen-bond donors (Lipinski definition) is 2. The molecule has 1 fully saturated rings. The van der Waals surface area contributed by atoms with Crippen molar-refractivity contribution in [1.29, 1.82) is 0 Å².